The maximum atomic E-state index is 12.3. The van der Waals surface area contributed by atoms with E-state index in [1.807, 2.05) is 32.0 Å². The molecule has 1 aliphatic rings. The Morgan fingerprint density at radius 3 is 2.74 bits per heavy atom. The Balaban J connectivity index is 1.78. The van der Waals surface area contributed by atoms with Crippen LogP contribution in [0.4, 0.5) is 5.69 Å². The first kappa shape index (κ1) is 15.2. The number of anilines is 1. The Bertz CT molecular complexity index is 769. The number of hydrogen-bond acceptors (Lipinski definition) is 3. The fraction of sp³-hybridized carbons (Fsp3) is 0.278. The van der Waals surface area contributed by atoms with Gasteiger partial charge in [-0.25, -0.2) is 0 Å². The summed E-state index contributed by atoms with van der Waals surface area (Å²) in [5, 5.41) is 2.86. The number of carbonyl (C=O) groups excluding carboxylic acids is 2. The molecule has 1 aromatic carbocycles. The van der Waals surface area contributed by atoms with Gasteiger partial charge in [-0.2, -0.15) is 0 Å². The zero-order valence-electron chi connectivity index (χ0n) is 13.5. The van der Waals surface area contributed by atoms with Gasteiger partial charge in [0.2, 0.25) is 5.91 Å². The quantitative estimate of drug-likeness (QED) is 0.946. The van der Waals surface area contributed by atoms with Crippen LogP contribution in [0.5, 0.6) is 0 Å². The normalized spacial score (nSPS) is 15.4. The molecule has 5 nitrogen and oxygen atoms in total. The fourth-order valence-corrected chi connectivity index (χ4v) is 2.90. The molecule has 2 aromatic rings. The minimum absolute atomic E-state index is 0.0853. The van der Waals surface area contributed by atoms with E-state index < -0.39 is 5.41 Å². The maximum Gasteiger partial charge on any atom is 0.270 e. The lowest BCUT2D eigenvalue weighted by molar-refractivity contribution is -0.121. The van der Waals surface area contributed by atoms with Crippen LogP contribution in [0.3, 0.4) is 0 Å². The van der Waals surface area contributed by atoms with Crippen molar-refractivity contribution in [1.82, 2.24) is 10.3 Å². The number of pyridine rings is 1. The summed E-state index contributed by atoms with van der Waals surface area (Å²) in [4.78, 5) is 30.1. The number of nitrogens with one attached hydrogen (secondary N) is 1. The van der Waals surface area contributed by atoms with Crippen LogP contribution < -0.4 is 10.2 Å². The van der Waals surface area contributed by atoms with E-state index in [1.165, 1.54) is 0 Å². The van der Waals surface area contributed by atoms with Gasteiger partial charge < -0.3 is 10.2 Å². The lowest BCUT2D eigenvalue weighted by Crippen LogP contribution is -2.33. The van der Waals surface area contributed by atoms with Gasteiger partial charge in [-0.1, -0.05) is 18.2 Å². The molecule has 2 heterocycles. The van der Waals surface area contributed by atoms with Crippen molar-refractivity contribution < 1.29 is 9.59 Å². The zero-order valence-corrected chi connectivity index (χ0v) is 13.5. The molecule has 0 bridgehead atoms. The third-order valence-electron chi connectivity index (χ3n) is 4.29. The van der Waals surface area contributed by atoms with Crippen LogP contribution in [0, 0.1) is 0 Å². The van der Waals surface area contributed by atoms with Crippen LogP contribution >= 0.6 is 0 Å². The molecule has 0 fully saturated rings. The first-order chi connectivity index (χ1) is 10.9. The molecule has 0 spiro atoms. The minimum Gasteiger partial charge on any atom is -0.347 e. The van der Waals surface area contributed by atoms with Gasteiger partial charge >= 0.3 is 0 Å². The number of rotatable bonds is 3. The molecule has 2 amide bonds. The van der Waals surface area contributed by atoms with Crippen molar-refractivity contribution in [3.8, 4) is 0 Å². The Hall–Kier alpha value is -2.69. The Morgan fingerprint density at radius 2 is 2.04 bits per heavy atom. The summed E-state index contributed by atoms with van der Waals surface area (Å²) in [6.45, 7) is 4.25. The Kier molecular flexibility index (Phi) is 3.64. The molecule has 23 heavy (non-hydrogen) atoms. The summed E-state index contributed by atoms with van der Waals surface area (Å²) >= 11 is 0. The summed E-state index contributed by atoms with van der Waals surface area (Å²) in [5.74, 6) is -0.124. The average molecular weight is 309 g/mol. The first-order valence-electron chi connectivity index (χ1n) is 7.52. The number of carbonyl (C=O) groups is 2. The van der Waals surface area contributed by atoms with E-state index in [0.29, 0.717) is 12.2 Å². The highest BCUT2D eigenvalue weighted by molar-refractivity contribution is 6.07. The van der Waals surface area contributed by atoms with E-state index in [0.717, 1.165) is 16.8 Å². The molecule has 0 aliphatic carbocycles. The molecular formula is C18H19N3O2. The van der Waals surface area contributed by atoms with Gasteiger partial charge in [0.05, 0.1) is 5.41 Å². The van der Waals surface area contributed by atoms with Crippen molar-refractivity contribution in [2.75, 3.05) is 11.9 Å². The second-order valence-corrected chi connectivity index (χ2v) is 6.24. The van der Waals surface area contributed by atoms with Crippen molar-refractivity contribution in [2.24, 2.45) is 0 Å². The van der Waals surface area contributed by atoms with E-state index in [1.54, 1.807) is 36.3 Å². The lowest BCUT2D eigenvalue weighted by atomic mass is 9.85. The van der Waals surface area contributed by atoms with Crippen molar-refractivity contribution >= 4 is 17.5 Å². The molecule has 0 atom stereocenters. The second kappa shape index (κ2) is 5.50. The van der Waals surface area contributed by atoms with Crippen LogP contribution in [-0.2, 0) is 16.8 Å². The minimum atomic E-state index is -0.537. The molecule has 0 radical (unpaired) electrons. The van der Waals surface area contributed by atoms with E-state index in [9.17, 15) is 9.59 Å². The standard InChI is InChI=1S/C18H19N3O2/c1-18(2)13-10-12(7-8-15(13)21(3)17(18)23)11-20-16(22)14-6-4-5-9-19-14/h4-10H,11H2,1-3H3,(H,20,22). The van der Waals surface area contributed by atoms with E-state index in [2.05, 4.69) is 10.3 Å². The number of aromatic nitrogens is 1. The highest BCUT2D eigenvalue weighted by atomic mass is 16.2. The van der Waals surface area contributed by atoms with E-state index >= 15 is 0 Å². The average Bonchev–Trinajstić information content (AvgIpc) is 2.74. The summed E-state index contributed by atoms with van der Waals surface area (Å²) in [6.07, 6.45) is 1.59. The van der Waals surface area contributed by atoms with Crippen LogP contribution in [0.25, 0.3) is 0 Å². The predicted octanol–water partition coefficient (Wildman–Crippen LogP) is 2.27. The van der Waals surface area contributed by atoms with E-state index in [4.69, 9.17) is 0 Å². The molecule has 0 saturated carbocycles. The summed E-state index contributed by atoms with van der Waals surface area (Å²) in [5.41, 5.74) is 2.74. The highest BCUT2D eigenvalue weighted by Gasteiger charge is 2.42. The number of hydrogen-bond donors (Lipinski definition) is 1. The zero-order chi connectivity index (χ0) is 16.6. The first-order valence-corrected chi connectivity index (χ1v) is 7.52. The number of likely N-dealkylation sites (N-methyl/N-ethyl adjacent to an activating group) is 1. The van der Waals surface area contributed by atoms with Crippen LogP contribution in [0.2, 0.25) is 0 Å². The smallest absolute Gasteiger partial charge is 0.270 e. The summed E-state index contributed by atoms with van der Waals surface area (Å²) in [7, 11) is 1.79. The third-order valence-corrected chi connectivity index (χ3v) is 4.29. The maximum absolute atomic E-state index is 12.3. The molecule has 1 aliphatic heterocycles. The van der Waals surface area contributed by atoms with Crippen LogP contribution in [0.1, 0.15) is 35.5 Å². The predicted molar refractivity (Wildman–Crippen MR) is 88.3 cm³/mol. The monoisotopic (exact) mass is 309 g/mol. The SMILES string of the molecule is CN1C(=O)C(C)(C)c2cc(CNC(=O)c3ccccn3)ccc21. The summed E-state index contributed by atoms with van der Waals surface area (Å²) in [6, 6.07) is 11.1. The van der Waals surface area contributed by atoms with Crippen molar-refractivity contribution in [1.29, 1.82) is 0 Å². The molecule has 5 heteroatoms. The fourth-order valence-electron chi connectivity index (χ4n) is 2.90. The molecule has 3 rings (SSSR count). The molecule has 0 saturated heterocycles. The van der Waals surface area contributed by atoms with Gasteiger partial charge in [0.25, 0.3) is 5.91 Å². The molecule has 1 aromatic heterocycles. The highest BCUT2D eigenvalue weighted by Crippen LogP contribution is 2.40. The van der Waals surface area contributed by atoms with Crippen molar-refractivity contribution in [2.45, 2.75) is 25.8 Å². The van der Waals surface area contributed by atoms with Gasteiger partial charge in [-0.05, 0) is 43.2 Å². The molecule has 0 unspecified atom stereocenters. The summed E-state index contributed by atoms with van der Waals surface area (Å²) < 4.78 is 0. The lowest BCUT2D eigenvalue weighted by Gasteiger charge is -2.16. The van der Waals surface area contributed by atoms with Gasteiger partial charge in [0.15, 0.2) is 0 Å². The van der Waals surface area contributed by atoms with Crippen molar-refractivity contribution in [3.63, 3.8) is 0 Å². The van der Waals surface area contributed by atoms with Gasteiger partial charge in [0.1, 0.15) is 5.69 Å². The third kappa shape index (κ3) is 2.59. The van der Waals surface area contributed by atoms with Crippen molar-refractivity contribution in [3.05, 3.63) is 59.4 Å². The number of amides is 2. The number of fused-ring (bicyclic) bond motifs is 1. The number of benzene rings is 1. The van der Waals surface area contributed by atoms with Gasteiger partial charge in [0, 0.05) is 25.5 Å². The Morgan fingerprint density at radius 1 is 1.26 bits per heavy atom. The van der Waals surface area contributed by atoms with Crippen LogP contribution in [0.15, 0.2) is 42.6 Å². The second-order valence-electron chi connectivity index (χ2n) is 6.24. The van der Waals surface area contributed by atoms with Gasteiger partial charge in [-0.3, -0.25) is 14.6 Å². The largest absolute Gasteiger partial charge is 0.347 e. The van der Waals surface area contributed by atoms with Crippen LogP contribution in [-0.4, -0.2) is 23.8 Å². The van der Waals surface area contributed by atoms with Gasteiger partial charge in [-0.15, -0.1) is 0 Å². The molecule has 118 valence electrons. The molecular weight excluding hydrogens is 290 g/mol. The van der Waals surface area contributed by atoms with E-state index in [-0.39, 0.29) is 11.8 Å². The Labute approximate surface area is 135 Å². The topological polar surface area (TPSA) is 62.3 Å². The molecule has 1 N–H and O–H groups in total. The number of nitrogens with zero attached hydrogens (tertiary/aromatic N) is 2.